The average molecular weight is 253 g/mol. The average Bonchev–Trinajstić information content (AvgIpc) is 2.82. The van der Waals surface area contributed by atoms with Crippen molar-refractivity contribution in [2.45, 2.75) is 30.7 Å². The van der Waals surface area contributed by atoms with Gasteiger partial charge in [-0.1, -0.05) is 6.92 Å². The smallest absolute Gasteiger partial charge is 0.137 e. The number of hydrogen-bond donors (Lipinski definition) is 1. The largest absolute Gasteiger partial charge is 0.493 e. The number of carbonyl (C=O) groups excluding carboxylic acids is 1. The van der Waals surface area contributed by atoms with Crippen LogP contribution in [0.25, 0.3) is 0 Å². The van der Waals surface area contributed by atoms with E-state index in [0.29, 0.717) is 17.9 Å². The molecule has 0 bridgehead atoms. The number of rotatable bonds is 5. The summed E-state index contributed by atoms with van der Waals surface area (Å²) in [5.74, 6) is 0.869. The number of hydrogen-bond acceptors (Lipinski definition) is 3. The molecular weight excluding hydrogens is 238 g/mol. The van der Waals surface area contributed by atoms with Gasteiger partial charge in [-0.25, -0.2) is 8.93 Å². The van der Waals surface area contributed by atoms with Gasteiger partial charge in [-0.2, -0.15) is 0 Å². The van der Waals surface area contributed by atoms with Crippen LogP contribution in [-0.2, 0) is 22.2 Å². The van der Waals surface area contributed by atoms with Crippen molar-refractivity contribution >= 4 is 17.3 Å². The van der Waals surface area contributed by atoms with Gasteiger partial charge < -0.3 is 9.53 Å². The first-order chi connectivity index (χ1) is 8.24. The normalized spacial score (nSPS) is 17.0. The minimum Gasteiger partial charge on any atom is -0.493 e. The standard InChI is InChI=1S/C12H15NO3S/c1-2-10(8-14)13-17(15)11-3-4-12-9(7-11)5-6-16-12/h3-4,7-8,10,13H,2,5-6H2,1H3. The quantitative estimate of drug-likeness (QED) is 0.803. The van der Waals surface area contributed by atoms with Gasteiger partial charge in [0.15, 0.2) is 0 Å². The fourth-order valence-electron chi connectivity index (χ4n) is 1.69. The van der Waals surface area contributed by atoms with Gasteiger partial charge >= 0.3 is 0 Å². The number of aldehydes is 1. The predicted molar refractivity (Wildman–Crippen MR) is 65.3 cm³/mol. The second kappa shape index (κ2) is 5.42. The van der Waals surface area contributed by atoms with Gasteiger partial charge in [0, 0.05) is 6.42 Å². The molecule has 17 heavy (non-hydrogen) atoms. The molecule has 1 aromatic carbocycles. The lowest BCUT2D eigenvalue weighted by Gasteiger charge is -2.10. The van der Waals surface area contributed by atoms with Crippen molar-refractivity contribution in [1.82, 2.24) is 4.72 Å². The summed E-state index contributed by atoms with van der Waals surface area (Å²) in [6.45, 7) is 2.56. The molecule has 5 heteroatoms. The number of nitrogens with one attached hydrogen (secondary N) is 1. The van der Waals surface area contributed by atoms with Crippen molar-refractivity contribution < 1.29 is 13.7 Å². The summed E-state index contributed by atoms with van der Waals surface area (Å²) < 4.78 is 20.1. The number of benzene rings is 1. The highest BCUT2D eigenvalue weighted by Gasteiger charge is 2.15. The third-order valence-electron chi connectivity index (χ3n) is 2.74. The summed E-state index contributed by atoms with van der Waals surface area (Å²) >= 11 is 0. The zero-order valence-electron chi connectivity index (χ0n) is 9.64. The van der Waals surface area contributed by atoms with Crippen LogP contribution in [0.5, 0.6) is 5.75 Å². The number of carbonyl (C=O) groups is 1. The predicted octanol–water partition coefficient (Wildman–Crippen LogP) is 1.21. The van der Waals surface area contributed by atoms with Crippen molar-refractivity contribution in [3.8, 4) is 5.75 Å². The molecule has 0 amide bonds. The van der Waals surface area contributed by atoms with Gasteiger partial charge in [0.2, 0.25) is 0 Å². The van der Waals surface area contributed by atoms with Gasteiger partial charge in [-0.3, -0.25) is 0 Å². The first-order valence-corrected chi connectivity index (χ1v) is 6.78. The van der Waals surface area contributed by atoms with Crippen LogP contribution in [0, 0.1) is 0 Å². The van der Waals surface area contributed by atoms with E-state index in [4.69, 9.17) is 4.74 Å². The van der Waals surface area contributed by atoms with Crippen molar-refractivity contribution in [2.75, 3.05) is 6.61 Å². The Kier molecular flexibility index (Phi) is 3.91. The van der Waals surface area contributed by atoms with E-state index in [1.54, 1.807) is 6.07 Å². The van der Waals surface area contributed by atoms with Crippen LogP contribution < -0.4 is 9.46 Å². The maximum Gasteiger partial charge on any atom is 0.137 e. The molecular formula is C12H15NO3S. The van der Waals surface area contributed by atoms with E-state index < -0.39 is 11.0 Å². The Hall–Kier alpha value is -1.20. The molecule has 2 unspecified atom stereocenters. The summed E-state index contributed by atoms with van der Waals surface area (Å²) in [6, 6.07) is 5.12. The zero-order chi connectivity index (χ0) is 12.3. The molecule has 0 aliphatic carbocycles. The molecule has 0 radical (unpaired) electrons. The molecule has 1 aliphatic rings. The Balaban J connectivity index is 2.12. The Morgan fingerprint density at radius 1 is 1.59 bits per heavy atom. The second-order valence-corrected chi connectivity index (χ2v) is 5.15. The SMILES string of the molecule is CCC(C=O)NS(=O)c1ccc2c(c1)CCO2. The van der Waals surface area contributed by atoms with Crippen molar-refractivity contribution in [2.24, 2.45) is 0 Å². The maximum atomic E-state index is 12.0. The van der Waals surface area contributed by atoms with E-state index in [0.717, 1.165) is 24.0 Å². The highest BCUT2D eigenvalue weighted by molar-refractivity contribution is 7.83. The Labute approximate surface area is 103 Å². The van der Waals surface area contributed by atoms with Crippen LogP contribution in [0.15, 0.2) is 23.1 Å². The van der Waals surface area contributed by atoms with E-state index in [2.05, 4.69) is 4.72 Å². The van der Waals surface area contributed by atoms with Crippen LogP contribution in [0.1, 0.15) is 18.9 Å². The molecule has 0 saturated heterocycles. The van der Waals surface area contributed by atoms with E-state index in [1.165, 1.54) is 0 Å². The molecule has 0 aromatic heterocycles. The Bertz CT molecular complexity index is 447. The van der Waals surface area contributed by atoms with Crippen molar-refractivity contribution in [3.05, 3.63) is 23.8 Å². The fraction of sp³-hybridized carbons (Fsp3) is 0.417. The molecule has 2 rings (SSSR count). The summed E-state index contributed by atoms with van der Waals surface area (Å²) in [6.07, 6.45) is 2.27. The highest BCUT2D eigenvalue weighted by atomic mass is 32.2. The first kappa shape index (κ1) is 12.3. The van der Waals surface area contributed by atoms with Gasteiger partial charge in [0.1, 0.15) is 23.0 Å². The molecule has 1 heterocycles. The molecule has 0 fully saturated rings. The molecule has 4 nitrogen and oxygen atoms in total. The lowest BCUT2D eigenvalue weighted by molar-refractivity contribution is -0.109. The molecule has 0 saturated carbocycles. The summed E-state index contributed by atoms with van der Waals surface area (Å²) in [5.41, 5.74) is 1.08. The summed E-state index contributed by atoms with van der Waals surface area (Å²) in [5, 5.41) is 0. The maximum absolute atomic E-state index is 12.0. The molecule has 1 aliphatic heterocycles. The minimum absolute atomic E-state index is 0.361. The third-order valence-corrected chi connectivity index (χ3v) is 3.94. The third kappa shape index (κ3) is 2.73. The molecule has 2 atom stereocenters. The zero-order valence-corrected chi connectivity index (χ0v) is 10.5. The second-order valence-electron chi connectivity index (χ2n) is 3.91. The Morgan fingerprint density at radius 2 is 2.41 bits per heavy atom. The highest BCUT2D eigenvalue weighted by Crippen LogP contribution is 2.26. The monoisotopic (exact) mass is 253 g/mol. The van der Waals surface area contributed by atoms with Gasteiger partial charge in [0.25, 0.3) is 0 Å². The van der Waals surface area contributed by atoms with Crippen LogP contribution in [-0.4, -0.2) is 23.1 Å². The minimum atomic E-state index is -1.34. The van der Waals surface area contributed by atoms with Gasteiger partial charge in [0.05, 0.1) is 17.5 Å². The van der Waals surface area contributed by atoms with Crippen molar-refractivity contribution in [1.29, 1.82) is 0 Å². The lowest BCUT2D eigenvalue weighted by atomic mass is 10.2. The summed E-state index contributed by atoms with van der Waals surface area (Å²) in [4.78, 5) is 11.4. The van der Waals surface area contributed by atoms with Crippen LogP contribution in [0.2, 0.25) is 0 Å². The van der Waals surface area contributed by atoms with E-state index in [9.17, 15) is 9.00 Å². The lowest BCUT2D eigenvalue weighted by Crippen LogP contribution is -2.31. The topological polar surface area (TPSA) is 55.4 Å². The van der Waals surface area contributed by atoms with Crippen LogP contribution >= 0.6 is 0 Å². The number of fused-ring (bicyclic) bond motifs is 1. The molecule has 1 N–H and O–H groups in total. The van der Waals surface area contributed by atoms with Crippen LogP contribution in [0.4, 0.5) is 0 Å². The van der Waals surface area contributed by atoms with Crippen LogP contribution in [0.3, 0.4) is 0 Å². The van der Waals surface area contributed by atoms with Crippen molar-refractivity contribution in [3.63, 3.8) is 0 Å². The Morgan fingerprint density at radius 3 is 3.12 bits per heavy atom. The van der Waals surface area contributed by atoms with E-state index >= 15 is 0 Å². The van der Waals surface area contributed by atoms with E-state index in [-0.39, 0.29) is 6.04 Å². The molecule has 92 valence electrons. The van der Waals surface area contributed by atoms with Gasteiger partial charge in [-0.15, -0.1) is 0 Å². The van der Waals surface area contributed by atoms with E-state index in [1.807, 2.05) is 19.1 Å². The van der Waals surface area contributed by atoms with Gasteiger partial charge in [-0.05, 0) is 30.2 Å². The molecule has 0 spiro atoms. The summed E-state index contributed by atoms with van der Waals surface area (Å²) in [7, 11) is -1.34. The first-order valence-electron chi connectivity index (χ1n) is 5.63. The number of ether oxygens (including phenoxy) is 1. The fourth-order valence-corrected chi connectivity index (χ4v) is 2.77. The molecule has 1 aromatic rings.